The molecule has 0 radical (unpaired) electrons. The Bertz CT molecular complexity index is 1530. The van der Waals surface area contributed by atoms with E-state index in [1.165, 1.54) is 17.0 Å². The second-order valence-corrected chi connectivity index (χ2v) is 14.2. The van der Waals surface area contributed by atoms with Gasteiger partial charge in [0.15, 0.2) is 0 Å². The summed E-state index contributed by atoms with van der Waals surface area (Å²) in [4.78, 5) is 29.2. The Morgan fingerprint density at radius 2 is 1.48 bits per heavy atom. The normalized spacial score (nSPS) is 12.5. The first-order valence-corrected chi connectivity index (χ1v) is 16.0. The third-order valence-corrected chi connectivity index (χ3v) is 9.27. The molecule has 3 aromatic carbocycles. The van der Waals surface area contributed by atoms with Crippen LogP contribution in [0, 0.1) is 20.8 Å². The average molecular weight is 633 g/mol. The molecule has 0 fully saturated rings. The highest BCUT2D eigenvalue weighted by atomic mass is 35.5. The van der Waals surface area contributed by atoms with Crippen LogP contribution >= 0.6 is 23.2 Å². The Labute approximate surface area is 259 Å². The summed E-state index contributed by atoms with van der Waals surface area (Å²) in [5.41, 5.74) is 2.84. The summed E-state index contributed by atoms with van der Waals surface area (Å²) in [6.07, 6.45) is 0.282. The van der Waals surface area contributed by atoms with E-state index >= 15 is 0 Å². The second-order valence-electron chi connectivity index (χ2n) is 11.5. The molecule has 1 atom stereocenters. The van der Waals surface area contributed by atoms with E-state index in [1.54, 1.807) is 56.3 Å². The lowest BCUT2D eigenvalue weighted by molar-refractivity contribution is -0.141. The zero-order valence-electron chi connectivity index (χ0n) is 25.2. The van der Waals surface area contributed by atoms with Crippen LogP contribution in [0.5, 0.6) is 0 Å². The zero-order valence-corrected chi connectivity index (χ0v) is 27.5. The Morgan fingerprint density at radius 3 is 2.00 bits per heavy atom. The van der Waals surface area contributed by atoms with Gasteiger partial charge in [-0.3, -0.25) is 13.9 Å². The minimum atomic E-state index is -4.17. The second kappa shape index (κ2) is 13.5. The quantitative estimate of drug-likeness (QED) is 0.265. The molecule has 3 aromatic rings. The minimum absolute atomic E-state index is 0.0547. The molecule has 0 spiro atoms. The first-order chi connectivity index (χ1) is 19.5. The van der Waals surface area contributed by atoms with E-state index < -0.39 is 34.1 Å². The summed E-state index contributed by atoms with van der Waals surface area (Å²) < 4.78 is 29.3. The fraction of sp³-hybridized carbons (Fsp3) is 0.375. The van der Waals surface area contributed by atoms with Crippen LogP contribution in [0.1, 0.15) is 56.4 Å². The SMILES string of the molecule is CCC(C(=O)NC(C)(C)C)N(Cc1c(Cl)cccc1Cl)C(=O)CN(c1ccc(C)cc1C)S(=O)(=O)c1ccc(C)cc1. The predicted octanol–water partition coefficient (Wildman–Crippen LogP) is 6.84. The van der Waals surface area contributed by atoms with Gasteiger partial charge >= 0.3 is 0 Å². The van der Waals surface area contributed by atoms with Crippen molar-refractivity contribution in [2.75, 3.05) is 10.8 Å². The number of nitrogens with zero attached hydrogens (tertiary/aromatic N) is 2. The van der Waals surface area contributed by atoms with Crippen molar-refractivity contribution in [1.82, 2.24) is 10.2 Å². The topological polar surface area (TPSA) is 86.8 Å². The number of benzene rings is 3. The minimum Gasteiger partial charge on any atom is -0.350 e. The van der Waals surface area contributed by atoms with Gasteiger partial charge in [0, 0.05) is 27.7 Å². The molecule has 42 heavy (non-hydrogen) atoms. The number of carbonyl (C=O) groups excluding carboxylic acids is 2. The molecule has 10 heteroatoms. The summed E-state index contributed by atoms with van der Waals surface area (Å²) in [6, 6.07) is 15.9. The van der Waals surface area contributed by atoms with Gasteiger partial charge in [0.25, 0.3) is 10.0 Å². The third-order valence-electron chi connectivity index (χ3n) is 6.78. The van der Waals surface area contributed by atoms with E-state index in [0.717, 1.165) is 15.4 Å². The molecule has 7 nitrogen and oxygen atoms in total. The largest absolute Gasteiger partial charge is 0.350 e. The van der Waals surface area contributed by atoms with Gasteiger partial charge in [0.1, 0.15) is 12.6 Å². The highest BCUT2D eigenvalue weighted by Gasteiger charge is 2.35. The summed E-state index contributed by atoms with van der Waals surface area (Å²) in [5.74, 6) is -0.932. The van der Waals surface area contributed by atoms with Gasteiger partial charge < -0.3 is 10.2 Å². The number of nitrogens with one attached hydrogen (secondary N) is 1. The number of carbonyl (C=O) groups is 2. The van der Waals surface area contributed by atoms with E-state index in [2.05, 4.69) is 5.32 Å². The van der Waals surface area contributed by atoms with E-state index in [-0.39, 0.29) is 23.8 Å². The highest BCUT2D eigenvalue weighted by Crippen LogP contribution is 2.30. The van der Waals surface area contributed by atoms with Crippen LogP contribution in [-0.4, -0.2) is 43.3 Å². The molecule has 0 aliphatic rings. The van der Waals surface area contributed by atoms with Crippen LogP contribution < -0.4 is 9.62 Å². The van der Waals surface area contributed by atoms with E-state index in [4.69, 9.17) is 23.2 Å². The van der Waals surface area contributed by atoms with Crippen molar-refractivity contribution in [3.63, 3.8) is 0 Å². The molecule has 3 rings (SSSR count). The first kappa shape index (κ1) is 33.4. The molecule has 0 saturated carbocycles. The Morgan fingerprint density at radius 1 is 0.905 bits per heavy atom. The third kappa shape index (κ3) is 8.06. The average Bonchev–Trinajstić information content (AvgIpc) is 2.88. The summed E-state index contributed by atoms with van der Waals surface area (Å²) in [5, 5.41) is 3.63. The summed E-state index contributed by atoms with van der Waals surface area (Å²) >= 11 is 13.0. The van der Waals surface area contributed by atoms with Crippen molar-refractivity contribution in [1.29, 1.82) is 0 Å². The highest BCUT2D eigenvalue weighted by molar-refractivity contribution is 7.92. The molecule has 0 aliphatic heterocycles. The van der Waals surface area contributed by atoms with E-state index in [0.29, 0.717) is 26.9 Å². The molecule has 1 N–H and O–H groups in total. The van der Waals surface area contributed by atoms with Gasteiger partial charge in [-0.1, -0.05) is 71.6 Å². The maximum atomic E-state index is 14.3. The number of hydrogen-bond acceptors (Lipinski definition) is 4. The van der Waals surface area contributed by atoms with Gasteiger partial charge in [-0.15, -0.1) is 0 Å². The summed E-state index contributed by atoms with van der Waals surface area (Å²) in [6.45, 7) is 12.3. The predicted molar refractivity (Wildman–Crippen MR) is 171 cm³/mol. The number of hydrogen-bond donors (Lipinski definition) is 1. The maximum Gasteiger partial charge on any atom is 0.264 e. The number of anilines is 1. The van der Waals surface area contributed by atoms with Crippen LogP contribution in [0.3, 0.4) is 0 Å². The van der Waals surface area contributed by atoms with Crippen molar-refractivity contribution < 1.29 is 18.0 Å². The smallest absolute Gasteiger partial charge is 0.264 e. The van der Waals surface area contributed by atoms with Crippen LogP contribution in [0.25, 0.3) is 0 Å². The molecule has 0 heterocycles. The summed E-state index contributed by atoms with van der Waals surface area (Å²) in [7, 11) is -4.17. The number of amides is 2. The van der Waals surface area contributed by atoms with Gasteiger partial charge in [-0.25, -0.2) is 8.42 Å². The van der Waals surface area contributed by atoms with Crippen LogP contribution in [0.15, 0.2) is 65.6 Å². The van der Waals surface area contributed by atoms with Crippen LogP contribution in [0.4, 0.5) is 5.69 Å². The zero-order chi connectivity index (χ0) is 31.4. The van der Waals surface area contributed by atoms with E-state index in [1.807, 2.05) is 40.7 Å². The van der Waals surface area contributed by atoms with Crippen molar-refractivity contribution >= 4 is 50.7 Å². The fourth-order valence-corrected chi connectivity index (χ4v) is 6.66. The van der Waals surface area contributed by atoms with Crippen molar-refractivity contribution in [3.05, 3.63) is 93.0 Å². The van der Waals surface area contributed by atoms with Crippen molar-refractivity contribution in [3.8, 4) is 0 Å². The monoisotopic (exact) mass is 631 g/mol. The van der Waals surface area contributed by atoms with Crippen LogP contribution in [0.2, 0.25) is 10.0 Å². The maximum absolute atomic E-state index is 14.3. The Kier molecular flexibility index (Phi) is 10.7. The number of aryl methyl sites for hydroxylation is 3. The molecular weight excluding hydrogens is 593 g/mol. The van der Waals surface area contributed by atoms with Gasteiger partial charge in [0.2, 0.25) is 11.8 Å². The van der Waals surface area contributed by atoms with Gasteiger partial charge in [-0.2, -0.15) is 0 Å². The van der Waals surface area contributed by atoms with Crippen LogP contribution in [-0.2, 0) is 26.2 Å². The molecule has 0 aromatic heterocycles. The lowest BCUT2D eigenvalue weighted by Crippen LogP contribution is -2.55. The first-order valence-electron chi connectivity index (χ1n) is 13.8. The van der Waals surface area contributed by atoms with Crippen molar-refractivity contribution in [2.45, 2.75) is 77.9 Å². The molecule has 1 unspecified atom stereocenters. The Balaban J connectivity index is 2.15. The number of sulfonamides is 1. The van der Waals surface area contributed by atoms with Crippen molar-refractivity contribution in [2.24, 2.45) is 0 Å². The number of rotatable bonds is 10. The fourth-order valence-electron chi connectivity index (χ4n) is 4.66. The lowest BCUT2D eigenvalue weighted by atomic mass is 10.1. The molecule has 226 valence electrons. The molecule has 0 bridgehead atoms. The molecule has 2 amide bonds. The van der Waals surface area contributed by atoms with Gasteiger partial charge in [-0.05, 0) is 83.9 Å². The Hall–Kier alpha value is -3.07. The molecular formula is C32H39Cl2N3O4S. The molecule has 0 saturated heterocycles. The standard InChI is InChI=1S/C32H39Cl2N3O4S/c1-8-28(31(39)35-32(5,6)7)36(19-25-26(33)10-9-11-27(25)34)30(38)20-37(29-17-14-22(3)18-23(29)4)42(40,41)24-15-12-21(2)13-16-24/h9-18,28H,8,19-20H2,1-7H3,(H,35,39). The lowest BCUT2D eigenvalue weighted by Gasteiger charge is -2.35. The number of halogens is 2. The van der Waals surface area contributed by atoms with Gasteiger partial charge in [0.05, 0.1) is 10.6 Å². The van der Waals surface area contributed by atoms with E-state index in [9.17, 15) is 18.0 Å². The molecule has 0 aliphatic carbocycles.